The van der Waals surface area contributed by atoms with Crippen molar-refractivity contribution in [2.24, 2.45) is 0 Å². The second-order valence-electron chi connectivity index (χ2n) is 7.60. The van der Waals surface area contributed by atoms with Crippen molar-refractivity contribution >= 4 is 22.6 Å². The van der Waals surface area contributed by atoms with E-state index in [1.54, 1.807) is 12.2 Å². The Balaban J connectivity index is 1.95. The number of carbonyl (C=O) groups excluding carboxylic acids is 1. The van der Waals surface area contributed by atoms with E-state index < -0.39 is 29.0 Å². The van der Waals surface area contributed by atoms with E-state index in [0.717, 1.165) is 23.0 Å². The van der Waals surface area contributed by atoms with Gasteiger partial charge < -0.3 is 15.1 Å². The van der Waals surface area contributed by atoms with Gasteiger partial charge in [-0.05, 0) is 36.3 Å². The molecule has 1 aliphatic rings. The zero-order valence-corrected chi connectivity index (χ0v) is 17.0. The zero-order chi connectivity index (χ0) is 22.4. The molecule has 31 heavy (non-hydrogen) atoms. The first-order valence-corrected chi connectivity index (χ1v) is 9.88. The van der Waals surface area contributed by atoms with Crippen LogP contribution in [0.1, 0.15) is 41.6 Å². The van der Waals surface area contributed by atoms with Gasteiger partial charge in [0.2, 0.25) is 0 Å². The van der Waals surface area contributed by atoms with Gasteiger partial charge >= 0.3 is 12.1 Å². The second-order valence-corrected chi connectivity index (χ2v) is 7.60. The standard InChI is InChI=1S/C24H21F3N2O2/c1-3-23(22(30)31-2,14-8-10-15(11-9-14)24(25,26)27)17-12-13-18(28)20-16-6-4-5-7-19(16)29-21(17)20/h4-13,17,28-29H,3H2,1-2H3. The van der Waals surface area contributed by atoms with Gasteiger partial charge in [0.25, 0.3) is 0 Å². The number of nitrogens with one attached hydrogen (secondary N) is 2. The number of alkyl halides is 3. The smallest absolute Gasteiger partial charge is 0.416 e. The Bertz CT molecular complexity index is 1190. The Hall–Kier alpha value is -3.35. The summed E-state index contributed by atoms with van der Waals surface area (Å²) in [5.41, 5.74) is 0.906. The summed E-state index contributed by atoms with van der Waals surface area (Å²) in [7, 11) is 1.28. The van der Waals surface area contributed by atoms with Crippen LogP contribution in [-0.2, 0) is 21.1 Å². The molecule has 3 aromatic rings. The van der Waals surface area contributed by atoms with Crippen molar-refractivity contribution in [1.29, 1.82) is 5.41 Å². The van der Waals surface area contributed by atoms with Crippen LogP contribution in [0.5, 0.6) is 0 Å². The third kappa shape index (κ3) is 3.15. The maximum atomic E-state index is 13.2. The van der Waals surface area contributed by atoms with E-state index in [1.807, 2.05) is 31.2 Å². The van der Waals surface area contributed by atoms with E-state index in [0.29, 0.717) is 29.0 Å². The molecule has 0 saturated heterocycles. The predicted octanol–water partition coefficient (Wildman–Crippen LogP) is 5.73. The van der Waals surface area contributed by atoms with E-state index in [4.69, 9.17) is 10.1 Å². The molecule has 0 radical (unpaired) electrons. The SMILES string of the molecule is CCC(C(=O)OC)(c1ccc(C(F)(F)F)cc1)C1C=CC(=N)c2c1[nH]c1ccccc21. The molecule has 0 amide bonds. The lowest BCUT2D eigenvalue weighted by atomic mass is 9.65. The fraction of sp³-hybridized carbons (Fsp3) is 0.250. The van der Waals surface area contributed by atoms with Gasteiger partial charge in [-0.15, -0.1) is 0 Å². The van der Waals surface area contributed by atoms with Crippen LogP contribution in [0.4, 0.5) is 13.2 Å². The number of methoxy groups -OCH3 is 1. The van der Waals surface area contributed by atoms with Crippen molar-refractivity contribution in [1.82, 2.24) is 4.98 Å². The predicted molar refractivity (Wildman–Crippen MR) is 112 cm³/mol. The summed E-state index contributed by atoms with van der Waals surface area (Å²) in [5.74, 6) is -1.08. The van der Waals surface area contributed by atoms with E-state index in [-0.39, 0.29) is 0 Å². The van der Waals surface area contributed by atoms with E-state index >= 15 is 0 Å². The van der Waals surface area contributed by atoms with Gasteiger partial charge in [0.05, 0.1) is 18.4 Å². The van der Waals surface area contributed by atoms with Crippen molar-refractivity contribution in [2.45, 2.75) is 30.9 Å². The molecule has 0 spiro atoms. The topological polar surface area (TPSA) is 65.9 Å². The summed E-state index contributed by atoms with van der Waals surface area (Å²) in [6.45, 7) is 1.81. The van der Waals surface area contributed by atoms with Gasteiger partial charge in [-0.25, -0.2) is 0 Å². The van der Waals surface area contributed by atoms with E-state index in [9.17, 15) is 18.0 Å². The summed E-state index contributed by atoms with van der Waals surface area (Å²) in [6, 6.07) is 12.2. The molecule has 0 saturated carbocycles. The van der Waals surface area contributed by atoms with Gasteiger partial charge in [0.1, 0.15) is 5.41 Å². The van der Waals surface area contributed by atoms with Crippen LogP contribution in [0.15, 0.2) is 60.7 Å². The van der Waals surface area contributed by atoms with Crippen molar-refractivity contribution in [3.8, 4) is 0 Å². The normalized spacial score (nSPS) is 18.0. The van der Waals surface area contributed by atoms with Crippen LogP contribution < -0.4 is 0 Å². The quantitative estimate of drug-likeness (QED) is 0.524. The summed E-state index contributed by atoms with van der Waals surface area (Å²) in [6.07, 6.45) is -0.770. The summed E-state index contributed by atoms with van der Waals surface area (Å²) < 4.78 is 44.5. The Morgan fingerprint density at radius 1 is 1.10 bits per heavy atom. The van der Waals surface area contributed by atoms with Crippen LogP contribution in [0, 0.1) is 5.41 Å². The number of hydrogen-bond donors (Lipinski definition) is 2. The molecular weight excluding hydrogens is 405 g/mol. The van der Waals surface area contributed by atoms with E-state index in [2.05, 4.69) is 4.98 Å². The molecule has 7 heteroatoms. The van der Waals surface area contributed by atoms with Gasteiger partial charge in [-0.2, -0.15) is 13.2 Å². The van der Waals surface area contributed by atoms with Crippen LogP contribution in [-0.4, -0.2) is 23.8 Å². The maximum Gasteiger partial charge on any atom is 0.416 e. The molecule has 0 fully saturated rings. The number of rotatable bonds is 4. The van der Waals surface area contributed by atoms with Gasteiger partial charge in [-0.1, -0.05) is 43.3 Å². The molecule has 0 aliphatic heterocycles. The minimum absolute atomic E-state index is 0.294. The first-order valence-electron chi connectivity index (χ1n) is 9.88. The van der Waals surface area contributed by atoms with Gasteiger partial charge in [-0.3, -0.25) is 4.79 Å². The number of fused-ring (bicyclic) bond motifs is 3. The number of ether oxygens (including phenoxy) is 1. The number of esters is 1. The molecule has 1 aliphatic carbocycles. The van der Waals surface area contributed by atoms with Gasteiger partial charge in [0.15, 0.2) is 0 Å². The average molecular weight is 426 g/mol. The largest absolute Gasteiger partial charge is 0.468 e. The number of allylic oxidation sites excluding steroid dienone is 2. The van der Waals surface area contributed by atoms with E-state index in [1.165, 1.54) is 19.2 Å². The molecule has 0 bridgehead atoms. The van der Waals surface area contributed by atoms with Crippen LogP contribution in [0.25, 0.3) is 10.9 Å². The molecule has 160 valence electrons. The molecular formula is C24H21F3N2O2. The van der Waals surface area contributed by atoms with Crippen molar-refractivity contribution in [3.63, 3.8) is 0 Å². The summed E-state index contributed by atoms with van der Waals surface area (Å²) >= 11 is 0. The highest BCUT2D eigenvalue weighted by Gasteiger charge is 2.49. The van der Waals surface area contributed by atoms with Crippen LogP contribution in [0.3, 0.4) is 0 Å². The molecule has 2 atom stereocenters. The minimum atomic E-state index is -4.47. The highest BCUT2D eigenvalue weighted by molar-refractivity contribution is 6.17. The highest BCUT2D eigenvalue weighted by Crippen LogP contribution is 2.48. The number of para-hydroxylation sites is 1. The lowest BCUT2D eigenvalue weighted by Crippen LogP contribution is -2.43. The maximum absolute atomic E-state index is 13.2. The zero-order valence-electron chi connectivity index (χ0n) is 17.0. The number of aromatic nitrogens is 1. The Labute approximate surface area is 177 Å². The van der Waals surface area contributed by atoms with Crippen molar-refractivity contribution in [3.05, 3.63) is 83.1 Å². The molecule has 4 rings (SSSR count). The number of halogens is 3. The molecule has 1 heterocycles. The fourth-order valence-electron chi connectivity index (χ4n) is 4.60. The average Bonchev–Trinajstić information content (AvgIpc) is 3.16. The number of aromatic amines is 1. The second kappa shape index (κ2) is 7.41. The first-order chi connectivity index (χ1) is 14.7. The Kier molecular flexibility index (Phi) is 5.00. The molecule has 1 aromatic heterocycles. The summed E-state index contributed by atoms with van der Waals surface area (Å²) in [4.78, 5) is 16.5. The minimum Gasteiger partial charge on any atom is -0.468 e. The number of benzene rings is 2. The fourth-order valence-corrected chi connectivity index (χ4v) is 4.60. The van der Waals surface area contributed by atoms with Crippen LogP contribution >= 0.6 is 0 Å². The molecule has 2 aromatic carbocycles. The molecule has 4 nitrogen and oxygen atoms in total. The van der Waals surface area contributed by atoms with Gasteiger partial charge in [0, 0.05) is 28.1 Å². The first kappa shape index (κ1) is 20.9. The number of carbonyl (C=O) groups is 1. The van der Waals surface area contributed by atoms with Crippen molar-refractivity contribution in [2.75, 3.05) is 7.11 Å². The third-order valence-electron chi connectivity index (χ3n) is 6.14. The number of H-pyrrole nitrogens is 1. The molecule has 2 unspecified atom stereocenters. The monoisotopic (exact) mass is 426 g/mol. The third-order valence-corrected chi connectivity index (χ3v) is 6.14. The summed E-state index contributed by atoms with van der Waals surface area (Å²) in [5, 5.41) is 9.29. The molecule has 2 N–H and O–H groups in total. The van der Waals surface area contributed by atoms with Crippen molar-refractivity contribution < 1.29 is 22.7 Å². The van der Waals surface area contributed by atoms with Crippen LogP contribution in [0.2, 0.25) is 0 Å². The highest BCUT2D eigenvalue weighted by atomic mass is 19.4. The lowest BCUT2D eigenvalue weighted by molar-refractivity contribution is -0.148. The number of hydrogen-bond acceptors (Lipinski definition) is 3. The Morgan fingerprint density at radius 2 is 1.74 bits per heavy atom. The lowest BCUT2D eigenvalue weighted by Gasteiger charge is -2.38. The Morgan fingerprint density at radius 3 is 2.35 bits per heavy atom.